The smallest absolute Gasteiger partial charge is 0.248 e. The Morgan fingerprint density at radius 2 is 1.30 bits per heavy atom. The minimum Gasteiger partial charge on any atom is -0.376 e. The minimum absolute atomic E-state index is 0.0764. The molecule has 318 valence electrons. The molecule has 1 aromatic carbocycles. The van der Waals surface area contributed by atoms with Gasteiger partial charge in [-0.2, -0.15) is 0 Å². The molecule has 0 unspecified atom stereocenters. The number of nitrogens with one attached hydrogen (secondary N) is 4. The van der Waals surface area contributed by atoms with Crippen LogP contribution in [0.1, 0.15) is 91.9 Å². The summed E-state index contributed by atoms with van der Waals surface area (Å²) >= 11 is 1.48. The van der Waals surface area contributed by atoms with E-state index in [0.29, 0.717) is 44.5 Å². The minimum atomic E-state index is -0.839. The van der Waals surface area contributed by atoms with Crippen molar-refractivity contribution in [3.63, 3.8) is 0 Å². The van der Waals surface area contributed by atoms with E-state index in [-0.39, 0.29) is 29.7 Å². The van der Waals surface area contributed by atoms with Crippen molar-refractivity contribution in [2.24, 2.45) is 0 Å². The number of benzene rings is 1. The van der Waals surface area contributed by atoms with Gasteiger partial charge in [-0.1, -0.05) is 43.9 Å². The van der Waals surface area contributed by atoms with E-state index in [4.69, 9.17) is 9.47 Å². The lowest BCUT2D eigenvalue weighted by Crippen LogP contribution is -2.58. The molecule has 3 heterocycles. The van der Waals surface area contributed by atoms with E-state index < -0.39 is 36.4 Å². The summed E-state index contributed by atoms with van der Waals surface area (Å²) in [6.07, 6.45) is 8.35. The molecular formula is C40H66N10O6S. The highest BCUT2D eigenvalue weighted by atomic mass is 32.2. The number of nitrogens with zero attached hydrogens (tertiary/aromatic N) is 6. The standard InChI is InChI=1S/C40H66N10O6S/c1-28(41-5)36(51)43-34(38(53)48-22-14-15-23-48)30(3)55-25-16-9-7-8-10-17-26-56-31(4)35(44-37(52)29(2)42-6)39(54)49-24-18-19-32(49)27-50-40(45-46-47-50)57-33-20-12-11-13-21-33/h11-13,20-21,28-32,34-35,41-42H,7-10,14-19,22-27H2,1-6H3,(H,43,51)(H,44,52)/t28-,29+,30+,31-,32+,34-,35+/m1/s1. The molecule has 1 aromatic heterocycles. The maximum Gasteiger partial charge on any atom is 0.248 e. The molecule has 57 heavy (non-hydrogen) atoms. The van der Waals surface area contributed by atoms with Gasteiger partial charge in [-0.05, 0) is 115 Å². The molecule has 0 spiro atoms. The van der Waals surface area contributed by atoms with Gasteiger partial charge in [0.2, 0.25) is 28.8 Å². The average molecular weight is 815 g/mol. The van der Waals surface area contributed by atoms with Crippen LogP contribution in [0.25, 0.3) is 0 Å². The number of ether oxygens (including phenoxy) is 2. The Labute approximate surface area is 342 Å². The van der Waals surface area contributed by atoms with Gasteiger partial charge in [0.1, 0.15) is 12.1 Å². The summed E-state index contributed by atoms with van der Waals surface area (Å²) in [5, 5.41) is 24.8. The molecule has 0 aliphatic carbocycles. The van der Waals surface area contributed by atoms with Crippen LogP contribution in [0.15, 0.2) is 40.4 Å². The highest BCUT2D eigenvalue weighted by Gasteiger charge is 2.38. The lowest BCUT2D eigenvalue weighted by molar-refractivity contribution is -0.142. The summed E-state index contributed by atoms with van der Waals surface area (Å²) in [5.41, 5.74) is 0. The maximum atomic E-state index is 14.2. The molecule has 2 aliphatic rings. The van der Waals surface area contributed by atoms with E-state index in [2.05, 4.69) is 36.8 Å². The highest BCUT2D eigenvalue weighted by molar-refractivity contribution is 7.99. The van der Waals surface area contributed by atoms with Crippen LogP contribution in [0.2, 0.25) is 0 Å². The van der Waals surface area contributed by atoms with Crippen molar-refractivity contribution >= 4 is 35.4 Å². The number of carbonyl (C=O) groups excluding carboxylic acids is 4. The first-order chi connectivity index (χ1) is 27.5. The van der Waals surface area contributed by atoms with Crippen molar-refractivity contribution in [1.82, 2.24) is 51.3 Å². The SMILES string of the molecule is CN[C@@H](C)C(=O)N[C@H](C(=O)N1CCC[C@H]1Cn1nnnc1Sc1ccccc1)[C@@H](C)OCCCCCCCCO[C@@H](C)[C@@H](NC(=O)[C@@H](C)NC)C(=O)N1CCCC1. The largest absolute Gasteiger partial charge is 0.376 e. The summed E-state index contributed by atoms with van der Waals surface area (Å²) in [7, 11) is 3.43. The predicted octanol–water partition coefficient (Wildman–Crippen LogP) is 2.77. The molecule has 0 bridgehead atoms. The summed E-state index contributed by atoms with van der Waals surface area (Å²) < 4.78 is 14.0. The number of tetrazole rings is 1. The van der Waals surface area contributed by atoms with Crippen LogP contribution in [-0.2, 0) is 35.2 Å². The van der Waals surface area contributed by atoms with Gasteiger partial charge in [-0.15, -0.1) is 5.10 Å². The van der Waals surface area contributed by atoms with Gasteiger partial charge in [0.25, 0.3) is 0 Å². The van der Waals surface area contributed by atoms with Gasteiger partial charge in [-0.3, -0.25) is 19.2 Å². The van der Waals surface area contributed by atoms with Gasteiger partial charge < -0.3 is 40.5 Å². The number of likely N-dealkylation sites (N-methyl/N-ethyl adjacent to an activating group) is 2. The van der Waals surface area contributed by atoms with Gasteiger partial charge in [-0.25, -0.2) is 4.68 Å². The molecule has 4 N–H and O–H groups in total. The molecule has 2 fully saturated rings. The lowest BCUT2D eigenvalue weighted by Gasteiger charge is -2.32. The first-order valence-corrected chi connectivity index (χ1v) is 21.6. The van der Waals surface area contributed by atoms with Crippen LogP contribution in [0, 0.1) is 0 Å². The third-order valence-electron chi connectivity index (χ3n) is 10.9. The topological polar surface area (TPSA) is 185 Å². The highest BCUT2D eigenvalue weighted by Crippen LogP contribution is 2.27. The van der Waals surface area contributed by atoms with E-state index in [9.17, 15) is 19.2 Å². The third kappa shape index (κ3) is 14.3. The fraction of sp³-hybridized carbons (Fsp3) is 0.725. The Morgan fingerprint density at radius 3 is 1.86 bits per heavy atom. The average Bonchev–Trinajstić information content (AvgIpc) is 4.02. The van der Waals surface area contributed by atoms with E-state index in [0.717, 1.165) is 69.1 Å². The lowest BCUT2D eigenvalue weighted by atomic mass is 10.1. The molecule has 17 heteroatoms. The van der Waals surface area contributed by atoms with Crippen LogP contribution < -0.4 is 21.3 Å². The van der Waals surface area contributed by atoms with E-state index in [1.807, 2.05) is 54.0 Å². The van der Waals surface area contributed by atoms with Gasteiger partial charge in [0.15, 0.2) is 0 Å². The Kier molecular flexibility index (Phi) is 19.7. The number of aromatic nitrogens is 4. The first kappa shape index (κ1) is 46.1. The van der Waals surface area contributed by atoms with Crippen molar-refractivity contribution < 1.29 is 28.7 Å². The third-order valence-corrected chi connectivity index (χ3v) is 11.9. The van der Waals surface area contributed by atoms with Crippen LogP contribution in [0.4, 0.5) is 0 Å². The fourth-order valence-corrected chi connectivity index (χ4v) is 7.82. The van der Waals surface area contributed by atoms with Crippen LogP contribution >= 0.6 is 11.8 Å². The number of hydrogen-bond donors (Lipinski definition) is 4. The van der Waals surface area contributed by atoms with Crippen LogP contribution in [0.3, 0.4) is 0 Å². The van der Waals surface area contributed by atoms with Crippen molar-refractivity contribution in [1.29, 1.82) is 0 Å². The second-order valence-electron chi connectivity index (χ2n) is 15.2. The van der Waals surface area contributed by atoms with Gasteiger partial charge in [0.05, 0.1) is 36.9 Å². The number of amides is 4. The zero-order chi connectivity index (χ0) is 41.2. The van der Waals surface area contributed by atoms with Gasteiger partial charge in [0, 0.05) is 37.7 Å². The number of rotatable bonds is 25. The van der Waals surface area contributed by atoms with E-state index in [1.165, 1.54) is 11.8 Å². The van der Waals surface area contributed by atoms with Crippen molar-refractivity contribution in [2.45, 2.75) is 151 Å². The quantitative estimate of drug-likeness (QED) is 0.108. The number of hydrogen-bond acceptors (Lipinski definition) is 12. The number of unbranched alkanes of at least 4 members (excludes halogenated alkanes) is 5. The molecule has 4 rings (SSSR count). The van der Waals surface area contributed by atoms with Crippen LogP contribution in [-0.4, -0.2) is 143 Å². The second-order valence-corrected chi connectivity index (χ2v) is 16.2. The zero-order valence-electron chi connectivity index (χ0n) is 34.8. The predicted molar refractivity (Wildman–Crippen MR) is 218 cm³/mol. The molecule has 7 atom stereocenters. The van der Waals surface area contributed by atoms with Gasteiger partial charge >= 0.3 is 0 Å². The molecule has 0 saturated carbocycles. The molecular weight excluding hydrogens is 749 g/mol. The monoisotopic (exact) mass is 814 g/mol. The molecule has 4 amide bonds. The number of carbonyl (C=O) groups is 4. The number of likely N-dealkylation sites (tertiary alicyclic amines) is 2. The summed E-state index contributed by atoms with van der Waals surface area (Å²) in [6, 6.07) is 7.35. The zero-order valence-corrected chi connectivity index (χ0v) is 35.6. The van der Waals surface area contributed by atoms with Crippen molar-refractivity contribution in [2.75, 3.05) is 46.9 Å². The normalized spacial score (nSPS) is 18.8. The Balaban J connectivity index is 1.20. The fourth-order valence-electron chi connectivity index (χ4n) is 7.03. The van der Waals surface area contributed by atoms with E-state index in [1.54, 1.807) is 32.6 Å². The summed E-state index contributed by atoms with van der Waals surface area (Å²) in [5.74, 6) is -0.716. The summed E-state index contributed by atoms with van der Waals surface area (Å²) in [4.78, 5) is 57.8. The Hall–Kier alpha value is -3.64. The van der Waals surface area contributed by atoms with Crippen molar-refractivity contribution in [3.05, 3.63) is 30.3 Å². The molecule has 0 radical (unpaired) electrons. The second kappa shape index (κ2) is 24.3. The first-order valence-electron chi connectivity index (χ1n) is 20.8. The van der Waals surface area contributed by atoms with E-state index >= 15 is 0 Å². The molecule has 2 aromatic rings. The van der Waals surface area contributed by atoms with Crippen molar-refractivity contribution in [3.8, 4) is 0 Å². The Bertz CT molecular complexity index is 1530. The Morgan fingerprint density at radius 1 is 0.754 bits per heavy atom. The van der Waals surface area contributed by atoms with Crippen LogP contribution in [0.5, 0.6) is 0 Å². The maximum absolute atomic E-state index is 14.2. The molecule has 16 nitrogen and oxygen atoms in total. The summed E-state index contributed by atoms with van der Waals surface area (Å²) in [6.45, 7) is 10.7. The molecule has 2 aliphatic heterocycles. The molecule has 2 saturated heterocycles.